The van der Waals surface area contributed by atoms with E-state index in [1.165, 1.54) is 23.1 Å². The summed E-state index contributed by atoms with van der Waals surface area (Å²) in [5, 5.41) is 2.44. The van der Waals surface area contributed by atoms with Gasteiger partial charge in [-0.25, -0.2) is 4.98 Å². The molecule has 3 rings (SSSR count). The van der Waals surface area contributed by atoms with E-state index >= 15 is 0 Å². The van der Waals surface area contributed by atoms with Crippen molar-refractivity contribution in [3.8, 4) is 0 Å². The second-order valence-corrected chi connectivity index (χ2v) is 7.49. The first-order valence-corrected chi connectivity index (χ1v) is 9.76. The van der Waals surface area contributed by atoms with Crippen LogP contribution in [0.4, 0.5) is 0 Å². The molecule has 132 valence electrons. The molecule has 3 aromatic heterocycles. The lowest BCUT2D eigenvalue weighted by molar-refractivity contribution is -0.127. The van der Waals surface area contributed by atoms with E-state index in [4.69, 9.17) is 4.42 Å². The maximum absolute atomic E-state index is 12.5. The molecule has 0 saturated carbocycles. The molecule has 0 spiro atoms. The van der Waals surface area contributed by atoms with E-state index in [-0.39, 0.29) is 17.2 Å². The largest absolute Gasteiger partial charge is 0.464 e. The quantitative estimate of drug-likeness (QED) is 0.488. The zero-order valence-corrected chi connectivity index (χ0v) is 15.9. The number of aryl methyl sites for hydroxylation is 1. The SMILES string of the molecule is CCn1c(SCC(=O)N(C)Cc2ccc(C)o2)nc2ccsc2c1=O. The fraction of sp³-hybridized carbons (Fsp3) is 0.353. The topological polar surface area (TPSA) is 68.3 Å². The first-order valence-electron chi connectivity index (χ1n) is 7.89. The minimum absolute atomic E-state index is 0.0404. The predicted octanol–water partition coefficient (Wildman–Crippen LogP) is 3.13. The Bertz CT molecular complexity index is 958. The molecule has 0 aromatic carbocycles. The Labute approximate surface area is 153 Å². The second-order valence-electron chi connectivity index (χ2n) is 5.63. The van der Waals surface area contributed by atoms with Crippen molar-refractivity contribution in [2.45, 2.75) is 32.1 Å². The molecular weight excluding hydrogens is 358 g/mol. The summed E-state index contributed by atoms with van der Waals surface area (Å²) in [6.45, 7) is 4.72. The summed E-state index contributed by atoms with van der Waals surface area (Å²) < 4.78 is 7.77. The number of carbonyl (C=O) groups is 1. The molecule has 25 heavy (non-hydrogen) atoms. The molecule has 0 saturated heterocycles. The average molecular weight is 377 g/mol. The Hall–Kier alpha value is -2.06. The molecule has 8 heteroatoms. The smallest absolute Gasteiger partial charge is 0.272 e. The molecule has 0 atom stereocenters. The van der Waals surface area contributed by atoms with Crippen LogP contribution in [0.3, 0.4) is 0 Å². The van der Waals surface area contributed by atoms with Gasteiger partial charge in [0.25, 0.3) is 5.56 Å². The maximum Gasteiger partial charge on any atom is 0.272 e. The second kappa shape index (κ2) is 7.45. The fourth-order valence-corrected chi connectivity index (χ4v) is 4.22. The number of furan rings is 1. The molecule has 0 unspecified atom stereocenters. The monoisotopic (exact) mass is 377 g/mol. The summed E-state index contributed by atoms with van der Waals surface area (Å²) >= 11 is 2.68. The molecule has 3 aromatic rings. The summed E-state index contributed by atoms with van der Waals surface area (Å²) in [6, 6.07) is 5.58. The van der Waals surface area contributed by atoms with Crippen LogP contribution in [0, 0.1) is 6.92 Å². The number of thiophene rings is 1. The number of carbonyl (C=O) groups excluding carboxylic acids is 1. The number of hydrogen-bond donors (Lipinski definition) is 0. The summed E-state index contributed by atoms with van der Waals surface area (Å²) in [5.41, 5.74) is 0.644. The van der Waals surface area contributed by atoms with Crippen molar-refractivity contribution in [1.29, 1.82) is 0 Å². The Balaban J connectivity index is 1.71. The van der Waals surface area contributed by atoms with Gasteiger partial charge in [-0.2, -0.15) is 0 Å². The normalized spacial score (nSPS) is 11.2. The van der Waals surface area contributed by atoms with Gasteiger partial charge in [0.1, 0.15) is 16.2 Å². The molecule has 0 fully saturated rings. The maximum atomic E-state index is 12.5. The molecule has 0 radical (unpaired) electrons. The number of fused-ring (bicyclic) bond motifs is 1. The van der Waals surface area contributed by atoms with Crippen molar-refractivity contribution in [1.82, 2.24) is 14.5 Å². The van der Waals surface area contributed by atoms with Gasteiger partial charge < -0.3 is 9.32 Å². The Morgan fingerprint density at radius 2 is 2.20 bits per heavy atom. The van der Waals surface area contributed by atoms with E-state index in [0.29, 0.717) is 28.5 Å². The third-order valence-corrected chi connectivity index (χ3v) is 5.64. The van der Waals surface area contributed by atoms with Crippen LogP contribution in [0.15, 0.2) is 37.9 Å². The van der Waals surface area contributed by atoms with Crippen LogP contribution < -0.4 is 5.56 Å². The molecule has 0 N–H and O–H groups in total. The minimum Gasteiger partial charge on any atom is -0.464 e. The Kier molecular flexibility index (Phi) is 5.29. The van der Waals surface area contributed by atoms with Crippen LogP contribution in [0.25, 0.3) is 10.2 Å². The Morgan fingerprint density at radius 3 is 2.88 bits per heavy atom. The number of nitrogens with zero attached hydrogens (tertiary/aromatic N) is 3. The van der Waals surface area contributed by atoms with Gasteiger partial charge in [-0.3, -0.25) is 14.2 Å². The van der Waals surface area contributed by atoms with Gasteiger partial charge >= 0.3 is 0 Å². The molecule has 6 nitrogen and oxygen atoms in total. The molecule has 0 aliphatic carbocycles. The van der Waals surface area contributed by atoms with Crippen LogP contribution in [-0.4, -0.2) is 33.2 Å². The summed E-state index contributed by atoms with van der Waals surface area (Å²) in [5.74, 6) is 1.76. The summed E-state index contributed by atoms with van der Waals surface area (Å²) in [7, 11) is 1.74. The van der Waals surface area contributed by atoms with Gasteiger partial charge in [0, 0.05) is 13.6 Å². The van der Waals surface area contributed by atoms with Gasteiger partial charge in [-0.15, -0.1) is 11.3 Å². The number of thioether (sulfide) groups is 1. The highest BCUT2D eigenvalue weighted by atomic mass is 32.2. The standard InChI is InChI=1S/C17H19N3O3S2/c1-4-20-16(22)15-13(7-8-24-15)18-17(20)25-10-14(21)19(3)9-12-6-5-11(2)23-12/h5-8H,4,9-10H2,1-3H3. The molecule has 3 heterocycles. The number of aromatic nitrogens is 2. The molecule has 0 bridgehead atoms. The molecule has 0 aliphatic rings. The van der Waals surface area contributed by atoms with Crippen molar-refractivity contribution in [2.75, 3.05) is 12.8 Å². The Morgan fingerprint density at radius 1 is 1.40 bits per heavy atom. The highest BCUT2D eigenvalue weighted by molar-refractivity contribution is 7.99. The van der Waals surface area contributed by atoms with Crippen LogP contribution in [0.1, 0.15) is 18.4 Å². The van der Waals surface area contributed by atoms with Crippen molar-refractivity contribution in [2.24, 2.45) is 0 Å². The number of rotatable bonds is 6. The lowest BCUT2D eigenvalue weighted by Gasteiger charge is -2.16. The molecule has 0 aliphatic heterocycles. The minimum atomic E-state index is -0.0446. The van der Waals surface area contributed by atoms with Crippen molar-refractivity contribution in [3.05, 3.63) is 45.5 Å². The van der Waals surface area contributed by atoms with Gasteiger partial charge in [0.15, 0.2) is 5.16 Å². The average Bonchev–Trinajstić information content (AvgIpc) is 3.21. The van der Waals surface area contributed by atoms with E-state index in [2.05, 4.69) is 4.98 Å². The predicted molar refractivity (Wildman–Crippen MR) is 100 cm³/mol. The van der Waals surface area contributed by atoms with Crippen molar-refractivity contribution in [3.63, 3.8) is 0 Å². The fourth-order valence-electron chi connectivity index (χ4n) is 2.44. The van der Waals surface area contributed by atoms with E-state index in [1.54, 1.807) is 16.5 Å². The first kappa shape index (κ1) is 17.8. The van der Waals surface area contributed by atoms with Gasteiger partial charge in [0.2, 0.25) is 5.91 Å². The summed E-state index contributed by atoms with van der Waals surface area (Å²) in [4.78, 5) is 31.0. The lowest BCUT2D eigenvalue weighted by atomic mass is 10.4. The van der Waals surface area contributed by atoms with Crippen molar-refractivity contribution < 1.29 is 9.21 Å². The van der Waals surface area contributed by atoms with E-state index in [9.17, 15) is 9.59 Å². The van der Waals surface area contributed by atoms with Crippen LogP contribution in [0.5, 0.6) is 0 Å². The zero-order chi connectivity index (χ0) is 18.0. The van der Waals surface area contributed by atoms with E-state index in [0.717, 1.165) is 11.5 Å². The van der Waals surface area contributed by atoms with Gasteiger partial charge in [-0.1, -0.05) is 11.8 Å². The zero-order valence-electron chi connectivity index (χ0n) is 14.3. The third kappa shape index (κ3) is 3.80. The molecular formula is C17H19N3O3S2. The van der Waals surface area contributed by atoms with E-state index < -0.39 is 0 Å². The highest BCUT2D eigenvalue weighted by Crippen LogP contribution is 2.21. The van der Waals surface area contributed by atoms with Crippen LogP contribution in [0.2, 0.25) is 0 Å². The van der Waals surface area contributed by atoms with E-state index in [1.807, 2.05) is 37.4 Å². The van der Waals surface area contributed by atoms with Gasteiger partial charge in [-0.05, 0) is 37.4 Å². The van der Waals surface area contributed by atoms with Crippen molar-refractivity contribution >= 4 is 39.2 Å². The van der Waals surface area contributed by atoms with Gasteiger partial charge in [0.05, 0.1) is 17.8 Å². The number of hydrogen-bond acceptors (Lipinski definition) is 6. The molecule has 1 amide bonds. The summed E-state index contributed by atoms with van der Waals surface area (Å²) in [6.07, 6.45) is 0. The highest BCUT2D eigenvalue weighted by Gasteiger charge is 2.16. The lowest BCUT2D eigenvalue weighted by Crippen LogP contribution is -2.28. The van der Waals surface area contributed by atoms with Crippen LogP contribution in [-0.2, 0) is 17.9 Å². The third-order valence-electron chi connectivity index (χ3n) is 3.79. The van der Waals surface area contributed by atoms with Crippen LogP contribution >= 0.6 is 23.1 Å². The number of amides is 1. The first-order chi connectivity index (χ1) is 12.0.